The molecule has 3 aromatic carbocycles. The second-order valence-electron chi connectivity index (χ2n) is 8.00. The molecule has 0 N–H and O–H groups in total. The maximum Gasteiger partial charge on any atom is 0.233 e. The lowest BCUT2D eigenvalue weighted by molar-refractivity contribution is -0.118. The molecule has 3 nitrogen and oxygen atoms in total. The smallest absolute Gasteiger partial charge is 0.233 e. The summed E-state index contributed by atoms with van der Waals surface area (Å²) < 4.78 is 1.12. The maximum atomic E-state index is 13.5. The van der Waals surface area contributed by atoms with E-state index in [0.29, 0.717) is 13.0 Å². The van der Waals surface area contributed by atoms with E-state index in [4.69, 9.17) is 4.98 Å². The molecule has 0 aliphatic carbocycles. The highest BCUT2D eigenvalue weighted by Gasteiger charge is 2.21. The first-order valence-corrected chi connectivity index (χ1v) is 11.0. The highest BCUT2D eigenvalue weighted by molar-refractivity contribution is 7.22. The SMILES string of the molecule is Cc1ccc(CC(=O)N(Cc2ccccc2)c2nc3c(C)cc(C)cc3s2)c(C)c1. The van der Waals surface area contributed by atoms with E-state index in [1.54, 1.807) is 11.3 Å². The number of hydrogen-bond donors (Lipinski definition) is 0. The highest BCUT2D eigenvalue weighted by atomic mass is 32.1. The van der Waals surface area contributed by atoms with Crippen LogP contribution < -0.4 is 4.90 Å². The van der Waals surface area contributed by atoms with Crippen LogP contribution in [0.15, 0.2) is 60.7 Å². The van der Waals surface area contributed by atoms with Gasteiger partial charge in [0.2, 0.25) is 5.91 Å². The third kappa shape index (κ3) is 4.29. The highest BCUT2D eigenvalue weighted by Crippen LogP contribution is 2.33. The molecule has 4 aromatic rings. The molecule has 0 aliphatic heterocycles. The molecule has 0 fully saturated rings. The monoisotopic (exact) mass is 414 g/mol. The lowest BCUT2D eigenvalue weighted by Gasteiger charge is -2.21. The van der Waals surface area contributed by atoms with E-state index in [0.717, 1.165) is 37.6 Å². The first-order valence-electron chi connectivity index (χ1n) is 10.2. The predicted octanol–water partition coefficient (Wildman–Crippen LogP) is 6.31. The molecule has 0 unspecified atom stereocenters. The minimum Gasteiger partial charge on any atom is -0.283 e. The lowest BCUT2D eigenvalue weighted by atomic mass is 10.0. The Balaban J connectivity index is 1.72. The summed E-state index contributed by atoms with van der Waals surface area (Å²) in [6, 6.07) is 20.7. The molecule has 4 rings (SSSR count). The summed E-state index contributed by atoms with van der Waals surface area (Å²) >= 11 is 1.59. The zero-order chi connectivity index (χ0) is 21.3. The molecule has 0 aliphatic rings. The van der Waals surface area contributed by atoms with Crippen molar-refractivity contribution in [2.24, 2.45) is 0 Å². The topological polar surface area (TPSA) is 33.2 Å². The normalized spacial score (nSPS) is 11.1. The maximum absolute atomic E-state index is 13.5. The standard InChI is InChI=1S/C26H26N2OS/c1-17-10-11-22(19(3)12-17)15-24(29)28(16-21-8-6-5-7-9-21)26-27-25-20(4)13-18(2)14-23(25)30-26/h5-14H,15-16H2,1-4H3. The molecule has 0 saturated carbocycles. The Morgan fingerprint density at radius 3 is 2.37 bits per heavy atom. The van der Waals surface area contributed by atoms with Gasteiger partial charge in [-0.15, -0.1) is 0 Å². The van der Waals surface area contributed by atoms with Crippen molar-refractivity contribution in [3.63, 3.8) is 0 Å². The quantitative estimate of drug-likeness (QED) is 0.384. The Hall–Kier alpha value is -2.98. The van der Waals surface area contributed by atoms with Crippen LogP contribution >= 0.6 is 11.3 Å². The molecular weight excluding hydrogens is 388 g/mol. The summed E-state index contributed by atoms with van der Waals surface area (Å²) in [5, 5.41) is 0.761. The fraction of sp³-hybridized carbons (Fsp3) is 0.231. The van der Waals surface area contributed by atoms with Gasteiger partial charge < -0.3 is 0 Å². The number of anilines is 1. The second kappa shape index (κ2) is 8.41. The number of fused-ring (bicyclic) bond motifs is 1. The number of hydrogen-bond acceptors (Lipinski definition) is 3. The van der Waals surface area contributed by atoms with Gasteiger partial charge >= 0.3 is 0 Å². The molecule has 1 heterocycles. The summed E-state index contributed by atoms with van der Waals surface area (Å²) in [5.41, 5.74) is 7.87. The number of carbonyl (C=O) groups is 1. The number of aromatic nitrogens is 1. The molecule has 0 atom stereocenters. The number of benzene rings is 3. The molecule has 30 heavy (non-hydrogen) atoms. The third-order valence-electron chi connectivity index (χ3n) is 5.37. The van der Waals surface area contributed by atoms with Crippen LogP contribution in [-0.4, -0.2) is 10.9 Å². The summed E-state index contributed by atoms with van der Waals surface area (Å²) in [7, 11) is 0. The van der Waals surface area contributed by atoms with Crippen LogP contribution in [0.25, 0.3) is 10.2 Å². The van der Waals surface area contributed by atoms with Gasteiger partial charge in [0.15, 0.2) is 5.13 Å². The van der Waals surface area contributed by atoms with E-state index >= 15 is 0 Å². The van der Waals surface area contributed by atoms with Crippen LogP contribution in [0.1, 0.15) is 33.4 Å². The molecule has 1 amide bonds. The zero-order valence-electron chi connectivity index (χ0n) is 17.9. The van der Waals surface area contributed by atoms with Crippen LogP contribution in [-0.2, 0) is 17.8 Å². The first kappa shape index (κ1) is 20.3. The largest absolute Gasteiger partial charge is 0.283 e. The number of thiazole rings is 1. The average molecular weight is 415 g/mol. The average Bonchev–Trinajstić information content (AvgIpc) is 3.13. The summed E-state index contributed by atoms with van der Waals surface area (Å²) in [5.74, 6) is 0.0687. The Labute approximate surface area is 182 Å². The van der Waals surface area contributed by atoms with Crippen LogP contribution in [0.2, 0.25) is 0 Å². The van der Waals surface area contributed by atoms with Crippen LogP contribution in [0.3, 0.4) is 0 Å². The summed E-state index contributed by atoms with van der Waals surface area (Å²) in [6.07, 6.45) is 0.368. The second-order valence-corrected chi connectivity index (χ2v) is 9.01. The van der Waals surface area contributed by atoms with E-state index in [-0.39, 0.29) is 5.91 Å². The minimum absolute atomic E-state index is 0.0687. The fourth-order valence-corrected chi connectivity index (χ4v) is 4.96. The number of carbonyl (C=O) groups excluding carboxylic acids is 1. The van der Waals surface area contributed by atoms with Gasteiger partial charge in [0, 0.05) is 0 Å². The van der Waals surface area contributed by atoms with E-state index < -0.39 is 0 Å². The van der Waals surface area contributed by atoms with E-state index in [2.05, 4.69) is 70.2 Å². The van der Waals surface area contributed by atoms with Crippen LogP contribution in [0.4, 0.5) is 5.13 Å². The van der Waals surface area contributed by atoms with Crippen LogP contribution in [0, 0.1) is 27.7 Å². The third-order valence-corrected chi connectivity index (χ3v) is 6.40. The van der Waals surface area contributed by atoms with Crippen molar-refractivity contribution in [3.8, 4) is 0 Å². The lowest BCUT2D eigenvalue weighted by Crippen LogP contribution is -2.31. The Morgan fingerprint density at radius 2 is 1.63 bits per heavy atom. The molecule has 0 saturated heterocycles. The van der Waals surface area contributed by atoms with Crippen molar-refractivity contribution in [2.75, 3.05) is 4.90 Å². The molecule has 0 radical (unpaired) electrons. The van der Waals surface area contributed by atoms with Crippen molar-refractivity contribution in [2.45, 2.75) is 40.7 Å². The van der Waals surface area contributed by atoms with Crippen LogP contribution in [0.5, 0.6) is 0 Å². The molecule has 4 heteroatoms. The number of aryl methyl sites for hydroxylation is 4. The van der Waals surface area contributed by atoms with Gasteiger partial charge in [0.05, 0.1) is 23.2 Å². The van der Waals surface area contributed by atoms with E-state index in [1.807, 2.05) is 23.1 Å². The van der Waals surface area contributed by atoms with E-state index in [9.17, 15) is 4.79 Å². The number of amides is 1. The van der Waals surface area contributed by atoms with Gasteiger partial charge in [-0.2, -0.15) is 0 Å². The summed E-state index contributed by atoms with van der Waals surface area (Å²) in [4.78, 5) is 20.2. The zero-order valence-corrected chi connectivity index (χ0v) is 18.7. The van der Waals surface area contributed by atoms with Crippen molar-refractivity contribution in [1.82, 2.24) is 4.98 Å². The summed E-state index contributed by atoms with van der Waals surface area (Å²) in [6.45, 7) is 8.84. The fourth-order valence-electron chi connectivity index (χ4n) is 3.81. The Morgan fingerprint density at radius 1 is 0.900 bits per heavy atom. The van der Waals surface area contributed by atoms with Gasteiger partial charge in [-0.25, -0.2) is 4.98 Å². The molecule has 1 aromatic heterocycles. The van der Waals surface area contributed by atoms with Gasteiger partial charge in [-0.3, -0.25) is 9.69 Å². The number of rotatable bonds is 5. The molecule has 0 bridgehead atoms. The van der Waals surface area contributed by atoms with E-state index in [1.165, 1.54) is 11.1 Å². The molecular formula is C26H26N2OS. The Bertz CT molecular complexity index is 1210. The molecule has 0 spiro atoms. The van der Waals surface area contributed by atoms with Crippen molar-refractivity contribution in [3.05, 3.63) is 94.0 Å². The van der Waals surface area contributed by atoms with Gasteiger partial charge in [0.1, 0.15) is 0 Å². The first-order chi connectivity index (χ1) is 14.4. The van der Waals surface area contributed by atoms with Crippen molar-refractivity contribution >= 4 is 32.6 Å². The predicted molar refractivity (Wildman–Crippen MR) is 126 cm³/mol. The van der Waals surface area contributed by atoms with Gasteiger partial charge in [-0.1, -0.05) is 71.5 Å². The van der Waals surface area contributed by atoms with Crippen molar-refractivity contribution in [1.29, 1.82) is 0 Å². The Kier molecular flexibility index (Phi) is 5.69. The molecule has 152 valence electrons. The van der Waals surface area contributed by atoms with Gasteiger partial charge in [0.25, 0.3) is 0 Å². The van der Waals surface area contributed by atoms with Crippen molar-refractivity contribution < 1.29 is 4.79 Å². The van der Waals surface area contributed by atoms with Gasteiger partial charge in [-0.05, 0) is 61.6 Å². The minimum atomic E-state index is 0.0687. The number of nitrogens with zero attached hydrogens (tertiary/aromatic N) is 2.